The van der Waals surface area contributed by atoms with Crippen molar-refractivity contribution in [2.45, 2.75) is 12.8 Å². The van der Waals surface area contributed by atoms with Gasteiger partial charge < -0.3 is 4.18 Å². The topological polar surface area (TPSA) is 63.6 Å². The Bertz CT molecular complexity index is 154. The van der Waals surface area contributed by atoms with Crippen molar-refractivity contribution in [3.8, 4) is 0 Å². The molecule has 0 spiro atoms. The first-order valence-electron chi connectivity index (χ1n) is 2.59. The Kier molecular flexibility index (Phi) is 4.78. The lowest BCUT2D eigenvalue weighted by atomic mass is 10.3. The summed E-state index contributed by atoms with van der Waals surface area (Å²) >= 11 is -2.48. The maximum atomic E-state index is 10.4. The molecule has 0 fully saturated rings. The van der Waals surface area contributed by atoms with E-state index in [1.165, 1.54) is 6.08 Å². The van der Waals surface area contributed by atoms with Crippen molar-refractivity contribution in [3.63, 3.8) is 0 Å². The molecule has 1 unspecified atom stereocenters. The van der Waals surface area contributed by atoms with E-state index in [-0.39, 0.29) is 6.42 Å². The molecule has 0 amide bonds. The quantitative estimate of drug-likeness (QED) is 0.489. The lowest BCUT2D eigenvalue weighted by Crippen LogP contribution is -2.05. The van der Waals surface area contributed by atoms with Crippen molar-refractivity contribution >= 4 is 17.3 Å². The number of hydrogen-bond acceptors (Lipinski definition) is 3. The molecule has 0 aromatic carbocycles. The Balaban J connectivity index is 3.43. The van der Waals surface area contributed by atoms with Crippen LogP contribution in [0.4, 0.5) is 0 Å². The first-order valence-corrected chi connectivity index (χ1v) is 3.63. The highest BCUT2D eigenvalue weighted by molar-refractivity contribution is 7.74. The van der Waals surface area contributed by atoms with Gasteiger partial charge in [-0.1, -0.05) is 6.08 Å². The lowest BCUT2D eigenvalue weighted by molar-refractivity contribution is -0.133. The molecule has 0 saturated carbocycles. The summed E-state index contributed by atoms with van der Waals surface area (Å²) in [7, 11) is 0. The van der Waals surface area contributed by atoms with Gasteiger partial charge in [0.1, 0.15) is 0 Å². The van der Waals surface area contributed by atoms with Crippen LogP contribution in [0.2, 0.25) is 0 Å². The van der Waals surface area contributed by atoms with Crippen molar-refractivity contribution in [2.24, 2.45) is 0 Å². The van der Waals surface area contributed by atoms with E-state index in [9.17, 15) is 9.00 Å². The predicted molar refractivity (Wildman–Crippen MR) is 36.3 cm³/mol. The summed E-state index contributed by atoms with van der Waals surface area (Å²) in [6.07, 6.45) is 2.08. The highest BCUT2D eigenvalue weighted by Crippen LogP contribution is 1.93. The Morgan fingerprint density at radius 1 is 1.80 bits per heavy atom. The van der Waals surface area contributed by atoms with Crippen LogP contribution in [-0.4, -0.2) is 14.7 Å². The van der Waals surface area contributed by atoms with E-state index in [0.29, 0.717) is 6.42 Å². The van der Waals surface area contributed by atoms with Crippen LogP contribution < -0.4 is 0 Å². The number of rotatable bonds is 4. The van der Waals surface area contributed by atoms with Crippen molar-refractivity contribution in [1.29, 1.82) is 0 Å². The zero-order valence-electron chi connectivity index (χ0n) is 5.28. The van der Waals surface area contributed by atoms with Crippen molar-refractivity contribution in [3.05, 3.63) is 12.7 Å². The van der Waals surface area contributed by atoms with Crippen molar-refractivity contribution in [2.75, 3.05) is 0 Å². The Hall–Kier alpha value is -0.680. The summed E-state index contributed by atoms with van der Waals surface area (Å²) in [5.74, 6) is -0.694. The van der Waals surface area contributed by atoms with E-state index < -0.39 is 17.3 Å². The molecular formula is C5H8O4S. The SMILES string of the molecule is C=CCCC(=O)OS(=O)O. The maximum absolute atomic E-state index is 10.4. The third kappa shape index (κ3) is 5.46. The maximum Gasteiger partial charge on any atom is 0.360 e. The average Bonchev–Trinajstić information content (AvgIpc) is 1.82. The predicted octanol–water partition coefficient (Wildman–Crippen LogP) is 0.633. The standard InChI is InChI=1S/C5H8O4S/c1-2-3-4-5(6)9-10(7)8/h2H,1,3-4H2,(H,7,8). The van der Waals surface area contributed by atoms with Gasteiger partial charge in [-0.2, -0.15) is 4.21 Å². The summed E-state index contributed by atoms with van der Waals surface area (Å²) < 4.78 is 21.7. The molecule has 0 aliphatic carbocycles. The van der Waals surface area contributed by atoms with E-state index in [1.54, 1.807) is 0 Å². The van der Waals surface area contributed by atoms with Crippen LogP contribution >= 0.6 is 0 Å². The molecule has 0 bridgehead atoms. The number of allylic oxidation sites excluding steroid dienone is 1. The Morgan fingerprint density at radius 3 is 2.80 bits per heavy atom. The fourth-order valence-corrected chi connectivity index (χ4v) is 0.583. The number of carbonyl (C=O) groups is 1. The second kappa shape index (κ2) is 5.13. The molecule has 0 radical (unpaired) electrons. The monoisotopic (exact) mass is 164 g/mol. The highest BCUT2D eigenvalue weighted by Gasteiger charge is 2.03. The van der Waals surface area contributed by atoms with Gasteiger partial charge in [-0.3, -0.25) is 9.35 Å². The summed E-state index contributed by atoms with van der Waals surface area (Å²) in [4.78, 5) is 10.4. The average molecular weight is 164 g/mol. The third-order valence-corrected chi connectivity index (χ3v) is 1.05. The van der Waals surface area contributed by atoms with Gasteiger partial charge in [0.2, 0.25) is 0 Å². The molecule has 5 heteroatoms. The Morgan fingerprint density at radius 2 is 2.40 bits per heavy atom. The second-order valence-corrected chi connectivity index (χ2v) is 2.10. The van der Waals surface area contributed by atoms with Gasteiger partial charge in [0.15, 0.2) is 0 Å². The van der Waals surface area contributed by atoms with E-state index in [1.807, 2.05) is 0 Å². The van der Waals surface area contributed by atoms with Crippen LogP contribution in [0.25, 0.3) is 0 Å². The van der Waals surface area contributed by atoms with Crippen LogP contribution in [0.3, 0.4) is 0 Å². The molecule has 0 saturated heterocycles. The molecular weight excluding hydrogens is 156 g/mol. The van der Waals surface area contributed by atoms with Gasteiger partial charge in [0.05, 0.1) is 6.42 Å². The summed E-state index contributed by atoms with van der Waals surface area (Å²) in [5, 5.41) is 0. The van der Waals surface area contributed by atoms with Gasteiger partial charge in [0, 0.05) is 0 Å². The molecule has 4 nitrogen and oxygen atoms in total. The van der Waals surface area contributed by atoms with Gasteiger partial charge in [0.25, 0.3) is 0 Å². The minimum atomic E-state index is -2.48. The van der Waals surface area contributed by atoms with Gasteiger partial charge >= 0.3 is 17.3 Å². The lowest BCUT2D eigenvalue weighted by Gasteiger charge is -1.94. The molecule has 1 atom stereocenters. The first kappa shape index (κ1) is 9.32. The molecule has 0 heterocycles. The highest BCUT2D eigenvalue weighted by atomic mass is 32.2. The molecule has 0 rings (SSSR count). The minimum absolute atomic E-state index is 0.0931. The zero-order valence-corrected chi connectivity index (χ0v) is 6.10. The molecule has 0 aromatic heterocycles. The van der Waals surface area contributed by atoms with Crippen molar-refractivity contribution in [1.82, 2.24) is 0 Å². The van der Waals surface area contributed by atoms with E-state index >= 15 is 0 Å². The molecule has 0 aromatic rings. The van der Waals surface area contributed by atoms with E-state index in [0.717, 1.165) is 0 Å². The van der Waals surface area contributed by atoms with Crippen LogP contribution in [0.5, 0.6) is 0 Å². The number of hydrogen-bond donors (Lipinski definition) is 1. The van der Waals surface area contributed by atoms with Gasteiger partial charge in [-0.25, -0.2) is 0 Å². The van der Waals surface area contributed by atoms with Gasteiger partial charge in [-0.15, -0.1) is 6.58 Å². The minimum Gasteiger partial charge on any atom is -0.343 e. The molecule has 58 valence electrons. The number of carbonyl (C=O) groups excluding carboxylic acids is 1. The second-order valence-electron chi connectivity index (χ2n) is 1.50. The normalized spacial score (nSPS) is 12.1. The summed E-state index contributed by atoms with van der Waals surface area (Å²) in [6.45, 7) is 3.37. The summed E-state index contributed by atoms with van der Waals surface area (Å²) in [5.41, 5.74) is 0. The Labute approximate surface area is 61.4 Å². The zero-order chi connectivity index (χ0) is 7.98. The third-order valence-electron chi connectivity index (χ3n) is 0.717. The van der Waals surface area contributed by atoms with Crippen LogP contribution in [0.15, 0.2) is 12.7 Å². The smallest absolute Gasteiger partial charge is 0.343 e. The molecule has 0 aliphatic heterocycles. The molecule has 0 aliphatic rings. The fraction of sp³-hybridized carbons (Fsp3) is 0.400. The van der Waals surface area contributed by atoms with Gasteiger partial charge in [-0.05, 0) is 6.42 Å². The van der Waals surface area contributed by atoms with Crippen molar-refractivity contribution < 1.29 is 17.7 Å². The van der Waals surface area contributed by atoms with Crippen LogP contribution in [-0.2, 0) is 20.3 Å². The first-order chi connectivity index (χ1) is 4.66. The van der Waals surface area contributed by atoms with Crippen LogP contribution in [0.1, 0.15) is 12.8 Å². The fourth-order valence-electron chi connectivity index (χ4n) is 0.341. The van der Waals surface area contributed by atoms with E-state index in [4.69, 9.17) is 4.55 Å². The summed E-state index contributed by atoms with van der Waals surface area (Å²) in [6, 6.07) is 0. The van der Waals surface area contributed by atoms with Crippen LogP contribution in [0, 0.1) is 0 Å². The molecule has 1 N–H and O–H groups in total. The molecule has 10 heavy (non-hydrogen) atoms. The largest absolute Gasteiger partial charge is 0.360 e. The van der Waals surface area contributed by atoms with E-state index in [2.05, 4.69) is 10.8 Å².